The van der Waals surface area contributed by atoms with Gasteiger partial charge in [-0.3, -0.25) is 9.59 Å². The maximum Gasteiger partial charge on any atom is 0.159 e. The number of hydrogen-bond acceptors (Lipinski definition) is 4. The first-order valence-electron chi connectivity index (χ1n) is 6.78. The van der Waals surface area contributed by atoms with E-state index >= 15 is 0 Å². The molecule has 0 saturated carbocycles. The lowest BCUT2D eigenvalue weighted by Gasteiger charge is -1.98. The highest BCUT2D eigenvalue weighted by atomic mass is 16.5. The van der Waals surface area contributed by atoms with Crippen LogP contribution in [0.1, 0.15) is 34.6 Å². The summed E-state index contributed by atoms with van der Waals surface area (Å²) in [5.41, 5.74) is 1.43. The molecule has 0 spiro atoms. The predicted molar refractivity (Wildman–Crippen MR) is 86.0 cm³/mol. The van der Waals surface area contributed by atoms with E-state index in [1.54, 1.807) is 76.6 Å². The Morgan fingerprint density at radius 2 is 0.909 bits per heavy atom. The number of methoxy groups -OCH3 is 2. The third kappa shape index (κ3) is 5.40. The molecule has 0 aromatic heterocycles. The molecule has 22 heavy (non-hydrogen) atoms. The van der Waals surface area contributed by atoms with Gasteiger partial charge in [-0.1, -0.05) is 0 Å². The quantitative estimate of drug-likeness (QED) is 0.806. The van der Waals surface area contributed by atoms with E-state index in [2.05, 4.69) is 0 Å². The number of carbonyl (C=O) groups is 2. The highest BCUT2D eigenvalue weighted by molar-refractivity contribution is 5.94. The van der Waals surface area contributed by atoms with E-state index in [4.69, 9.17) is 9.47 Å². The molecule has 0 unspecified atom stereocenters. The third-order valence-corrected chi connectivity index (χ3v) is 2.99. The Hall–Kier alpha value is -2.62. The van der Waals surface area contributed by atoms with Crippen molar-refractivity contribution in [1.29, 1.82) is 0 Å². The van der Waals surface area contributed by atoms with Crippen LogP contribution in [0.3, 0.4) is 0 Å². The molecule has 0 saturated heterocycles. The first-order chi connectivity index (χ1) is 10.5. The zero-order chi connectivity index (χ0) is 16.5. The standard InChI is InChI=1S/2C9H10O2/c2*1-7(10)8-3-5-9(11-2)6-4-8/h2*3-6H,1-2H3. The molecule has 0 bridgehead atoms. The van der Waals surface area contributed by atoms with Gasteiger partial charge < -0.3 is 9.47 Å². The van der Waals surface area contributed by atoms with Crippen LogP contribution in [0.25, 0.3) is 0 Å². The van der Waals surface area contributed by atoms with Crippen LogP contribution in [0.5, 0.6) is 11.5 Å². The Labute approximate surface area is 130 Å². The molecule has 0 atom stereocenters. The molecule has 0 aliphatic heterocycles. The summed E-state index contributed by atoms with van der Waals surface area (Å²) in [5, 5.41) is 0. The molecular formula is C18H20O4. The third-order valence-electron chi connectivity index (χ3n) is 2.99. The number of rotatable bonds is 4. The molecule has 0 fully saturated rings. The number of carbonyl (C=O) groups excluding carboxylic acids is 2. The number of benzene rings is 2. The van der Waals surface area contributed by atoms with Crippen LogP contribution >= 0.6 is 0 Å². The molecule has 0 amide bonds. The van der Waals surface area contributed by atoms with Gasteiger partial charge in [-0.05, 0) is 62.4 Å². The summed E-state index contributed by atoms with van der Waals surface area (Å²) in [5.74, 6) is 1.70. The number of hydrogen-bond donors (Lipinski definition) is 0. The summed E-state index contributed by atoms with van der Waals surface area (Å²) in [6.07, 6.45) is 0. The second-order valence-corrected chi connectivity index (χ2v) is 4.57. The molecule has 0 aliphatic carbocycles. The topological polar surface area (TPSA) is 52.6 Å². The van der Waals surface area contributed by atoms with Crippen molar-refractivity contribution in [3.05, 3.63) is 59.7 Å². The molecule has 0 aliphatic rings. The molecule has 2 rings (SSSR count). The van der Waals surface area contributed by atoms with Crippen molar-refractivity contribution in [1.82, 2.24) is 0 Å². The van der Waals surface area contributed by atoms with Gasteiger partial charge in [-0.25, -0.2) is 0 Å². The highest BCUT2D eigenvalue weighted by Crippen LogP contribution is 2.11. The molecule has 0 N–H and O–H groups in total. The fourth-order valence-corrected chi connectivity index (χ4v) is 1.65. The van der Waals surface area contributed by atoms with E-state index in [-0.39, 0.29) is 11.6 Å². The summed E-state index contributed by atoms with van der Waals surface area (Å²) in [7, 11) is 3.20. The van der Waals surface area contributed by atoms with Crippen molar-refractivity contribution < 1.29 is 19.1 Å². The number of Topliss-reactive ketones (excluding diaryl/α,β-unsaturated/α-hetero) is 2. The van der Waals surface area contributed by atoms with Crippen molar-refractivity contribution in [2.24, 2.45) is 0 Å². The molecule has 4 nitrogen and oxygen atoms in total. The average molecular weight is 300 g/mol. The first kappa shape index (κ1) is 17.4. The number of ether oxygens (including phenoxy) is 2. The van der Waals surface area contributed by atoms with E-state index in [0.717, 1.165) is 11.5 Å². The molecule has 4 heteroatoms. The zero-order valence-electron chi connectivity index (χ0n) is 13.3. The Kier molecular flexibility index (Phi) is 6.83. The summed E-state index contributed by atoms with van der Waals surface area (Å²) in [6.45, 7) is 3.09. The first-order valence-corrected chi connectivity index (χ1v) is 6.78. The maximum absolute atomic E-state index is 10.8. The van der Waals surface area contributed by atoms with Crippen LogP contribution in [0.15, 0.2) is 48.5 Å². The van der Waals surface area contributed by atoms with Gasteiger partial charge in [-0.2, -0.15) is 0 Å². The van der Waals surface area contributed by atoms with Crippen LogP contribution in [0, 0.1) is 0 Å². The molecule has 2 aromatic carbocycles. The fraction of sp³-hybridized carbons (Fsp3) is 0.222. The SMILES string of the molecule is COc1ccc(C(C)=O)cc1.COc1ccc(C(C)=O)cc1. The van der Waals surface area contributed by atoms with Gasteiger partial charge >= 0.3 is 0 Å². The normalized spacial score (nSPS) is 9.27. The van der Waals surface area contributed by atoms with Gasteiger partial charge in [0.2, 0.25) is 0 Å². The lowest BCUT2D eigenvalue weighted by molar-refractivity contribution is 0.100. The van der Waals surface area contributed by atoms with Crippen LogP contribution < -0.4 is 9.47 Å². The van der Waals surface area contributed by atoms with Crippen molar-refractivity contribution in [3.8, 4) is 11.5 Å². The van der Waals surface area contributed by atoms with Crippen molar-refractivity contribution >= 4 is 11.6 Å². The van der Waals surface area contributed by atoms with Crippen molar-refractivity contribution in [2.45, 2.75) is 13.8 Å². The Bertz CT molecular complexity index is 555. The Balaban J connectivity index is 0.000000220. The predicted octanol–water partition coefficient (Wildman–Crippen LogP) is 3.80. The van der Waals surface area contributed by atoms with Gasteiger partial charge in [0.25, 0.3) is 0 Å². The molecular weight excluding hydrogens is 280 g/mol. The van der Waals surface area contributed by atoms with Gasteiger partial charge in [0.1, 0.15) is 11.5 Å². The van der Waals surface area contributed by atoms with E-state index < -0.39 is 0 Å². The summed E-state index contributed by atoms with van der Waals surface area (Å²) in [4.78, 5) is 21.6. The summed E-state index contributed by atoms with van der Waals surface area (Å²) < 4.78 is 9.88. The largest absolute Gasteiger partial charge is 0.497 e. The van der Waals surface area contributed by atoms with Crippen LogP contribution in [0.4, 0.5) is 0 Å². The summed E-state index contributed by atoms with van der Waals surface area (Å²) in [6, 6.07) is 14.1. The van der Waals surface area contributed by atoms with E-state index in [0.29, 0.717) is 11.1 Å². The molecule has 0 radical (unpaired) electrons. The van der Waals surface area contributed by atoms with Crippen molar-refractivity contribution in [3.63, 3.8) is 0 Å². The second kappa shape index (κ2) is 8.62. The minimum Gasteiger partial charge on any atom is -0.497 e. The number of ketones is 2. The van der Waals surface area contributed by atoms with E-state index in [9.17, 15) is 9.59 Å². The Morgan fingerprint density at radius 3 is 1.09 bits per heavy atom. The van der Waals surface area contributed by atoms with Crippen molar-refractivity contribution in [2.75, 3.05) is 14.2 Å². The van der Waals surface area contributed by atoms with Crippen LogP contribution in [-0.4, -0.2) is 25.8 Å². The lowest BCUT2D eigenvalue weighted by atomic mass is 10.1. The van der Waals surface area contributed by atoms with Gasteiger partial charge in [0.15, 0.2) is 11.6 Å². The molecule has 0 heterocycles. The lowest BCUT2D eigenvalue weighted by Crippen LogP contribution is -1.91. The second-order valence-electron chi connectivity index (χ2n) is 4.57. The summed E-state index contributed by atoms with van der Waals surface area (Å²) >= 11 is 0. The minimum atomic E-state index is 0.0765. The van der Waals surface area contributed by atoms with E-state index in [1.165, 1.54) is 0 Å². The fourth-order valence-electron chi connectivity index (χ4n) is 1.65. The minimum absolute atomic E-state index is 0.0765. The smallest absolute Gasteiger partial charge is 0.159 e. The van der Waals surface area contributed by atoms with Gasteiger partial charge in [0.05, 0.1) is 14.2 Å². The monoisotopic (exact) mass is 300 g/mol. The highest BCUT2D eigenvalue weighted by Gasteiger charge is 1.98. The maximum atomic E-state index is 10.8. The van der Waals surface area contributed by atoms with Gasteiger partial charge in [-0.15, -0.1) is 0 Å². The zero-order valence-corrected chi connectivity index (χ0v) is 13.3. The Morgan fingerprint density at radius 1 is 0.636 bits per heavy atom. The molecule has 2 aromatic rings. The van der Waals surface area contributed by atoms with E-state index in [1.807, 2.05) is 0 Å². The molecule has 116 valence electrons. The average Bonchev–Trinajstić information content (AvgIpc) is 2.55. The van der Waals surface area contributed by atoms with Crippen LogP contribution in [-0.2, 0) is 0 Å². The van der Waals surface area contributed by atoms with Crippen LogP contribution in [0.2, 0.25) is 0 Å². The van der Waals surface area contributed by atoms with Gasteiger partial charge in [0, 0.05) is 11.1 Å².